The van der Waals surface area contributed by atoms with E-state index >= 15 is 0 Å². The van der Waals surface area contributed by atoms with Gasteiger partial charge in [0.05, 0.1) is 17.9 Å². The van der Waals surface area contributed by atoms with Crippen LogP contribution < -0.4 is 15.9 Å². The second kappa shape index (κ2) is 6.34. The largest absolute Gasteiger partial charge is 0.382 e. The standard InChI is InChI=1S/C16H17N5O.ClH/c22-16-20-9-4-3-7-15(20)18-21(16)12-11-19-10-8-17-13-5-1-2-6-14(13)19;/h1-7,9,17H,8,10-12H2;1H. The van der Waals surface area contributed by atoms with E-state index in [-0.39, 0.29) is 18.1 Å². The van der Waals surface area contributed by atoms with Crippen LogP contribution in [0.15, 0.2) is 53.5 Å². The molecule has 3 heterocycles. The topological polar surface area (TPSA) is 54.6 Å². The third-order valence-electron chi connectivity index (χ3n) is 4.01. The summed E-state index contributed by atoms with van der Waals surface area (Å²) < 4.78 is 3.12. The van der Waals surface area contributed by atoms with Gasteiger partial charge in [0, 0.05) is 25.8 Å². The van der Waals surface area contributed by atoms with Gasteiger partial charge in [0.1, 0.15) is 0 Å². The van der Waals surface area contributed by atoms with Crippen molar-refractivity contribution in [1.29, 1.82) is 0 Å². The van der Waals surface area contributed by atoms with E-state index in [0.717, 1.165) is 25.3 Å². The Morgan fingerprint density at radius 1 is 1.09 bits per heavy atom. The lowest BCUT2D eigenvalue weighted by molar-refractivity contribution is 0.577. The van der Waals surface area contributed by atoms with Crippen molar-refractivity contribution in [2.24, 2.45) is 0 Å². The van der Waals surface area contributed by atoms with Crippen molar-refractivity contribution in [3.8, 4) is 0 Å². The van der Waals surface area contributed by atoms with Crippen molar-refractivity contribution in [3.05, 3.63) is 59.1 Å². The lowest BCUT2D eigenvalue weighted by atomic mass is 10.2. The Kier molecular flexibility index (Phi) is 4.25. The Morgan fingerprint density at radius 2 is 1.91 bits per heavy atom. The second-order valence-corrected chi connectivity index (χ2v) is 5.37. The monoisotopic (exact) mass is 331 g/mol. The van der Waals surface area contributed by atoms with Gasteiger partial charge in [-0.1, -0.05) is 18.2 Å². The molecule has 120 valence electrons. The molecule has 0 unspecified atom stereocenters. The molecule has 1 aromatic carbocycles. The highest BCUT2D eigenvalue weighted by Crippen LogP contribution is 2.27. The number of aromatic nitrogens is 3. The smallest absolute Gasteiger partial charge is 0.350 e. The molecular weight excluding hydrogens is 314 g/mol. The second-order valence-electron chi connectivity index (χ2n) is 5.37. The van der Waals surface area contributed by atoms with E-state index in [4.69, 9.17) is 0 Å². The number of fused-ring (bicyclic) bond motifs is 2. The molecule has 6 nitrogen and oxygen atoms in total. The summed E-state index contributed by atoms with van der Waals surface area (Å²) in [6.07, 6.45) is 1.75. The highest BCUT2D eigenvalue weighted by atomic mass is 35.5. The molecule has 2 aromatic heterocycles. The van der Waals surface area contributed by atoms with E-state index in [1.54, 1.807) is 15.3 Å². The molecule has 1 aliphatic heterocycles. The van der Waals surface area contributed by atoms with E-state index in [2.05, 4.69) is 27.4 Å². The van der Waals surface area contributed by atoms with Crippen LogP contribution in [0.1, 0.15) is 0 Å². The van der Waals surface area contributed by atoms with Gasteiger partial charge in [-0.2, -0.15) is 0 Å². The van der Waals surface area contributed by atoms with E-state index in [9.17, 15) is 4.79 Å². The van der Waals surface area contributed by atoms with Crippen molar-refractivity contribution in [3.63, 3.8) is 0 Å². The Morgan fingerprint density at radius 3 is 2.78 bits per heavy atom. The molecule has 1 N–H and O–H groups in total. The number of nitrogens with zero attached hydrogens (tertiary/aromatic N) is 4. The maximum absolute atomic E-state index is 12.3. The zero-order chi connectivity index (χ0) is 14.9. The summed E-state index contributed by atoms with van der Waals surface area (Å²) in [6.45, 7) is 3.19. The quantitative estimate of drug-likeness (QED) is 0.796. The lowest BCUT2D eigenvalue weighted by Gasteiger charge is -2.31. The predicted molar refractivity (Wildman–Crippen MR) is 93.8 cm³/mol. The first-order valence-electron chi connectivity index (χ1n) is 7.45. The van der Waals surface area contributed by atoms with Crippen LogP contribution in [-0.2, 0) is 6.54 Å². The summed E-state index contributed by atoms with van der Waals surface area (Å²) in [4.78, 5) is 14.6. The van der Waals surface area contributed by atoms with Gasteiger partial charge >= 0.3 is 5.69 Å². The number of nitrogens with one attached hydrogen (secondary N) is 1. The molecule has 0 bridgehead atoms. The maximum Gasteiger partial charge on any atom is 0.350 e. The SMILES string of the molecule is Cl.O=c1n(CCN2CCNc3ccccc32)nc2ccccn12. The van der Waals surface area contributed by atoms with Crippen molar-refractivity contribution in [1.82, 2.24) is 14.2 Å². The van der Waals surface area contributed by atoms with E-state index in [1.165, 1.54) is 5.69 Å². The fourth-order valence-electron chi connectivity index (χ4n) is 2.91. The summed E-state index contributed by atoms with van der Waals surface area (Å²) in [6, 6.07) is 13.8. The Labute approximate surface area is 139 Å². The van der Waals surface area contributed by atoms with Gasteiger partial charge < -0.3 is 10.2 Å². The normalized spacial score (nSPS) is 13.3. The molecule has 3 aromatic rings. The molecule has 4 rings (SSSR count). The number of para-hydroxylation sites is 2. The van der Waals surface area contributed by atoms with Crippen LogP contribution in [0.2, 0.25) is 0 Å². The number of hydrogen-bond donors (Lipinski definition) is 1. The van der Waals surface area contributed by atoms with E-state index in [1.807, 2.05) is 30.3 Å². The molecular formula is C16H18ClN5O. The fraction of sp³-hybridized carbons (Fsp3) is 0.250. The number of pyridine rings is 1. The molecule has 0 amide bonds. The zero-order valence-corrected chi connectivity index (χ0v) is 13.4. The van der Waals surface area contributed by atoms with Gasteiger partial charge in [0.15, 0.2) is 5.65 Å². The minimum absolute atomic E-state index is 0. The van der Waals surface area contributed by atoms with Crippen LogP contribution in [0.25, 0.3) is 5.65 Å². The Balaban J connectivity index is 0.00000156. The van der Waals surface area contributed by atoms with Crippen LogP contribution in [0.4, 0.5) is 11.4 Å². The predicted octanol–water partition coefficient (Wildman–Crippen LogP) is 1.85. The van der Waals surface area contributed by atoms with Crippen LogP contribution in [0, 0.1) is 0 Å². The maximum atomic E-state index is 12.3. The zero-order valence-electron chi connectivity index (χ0n) is 12.6. The summed E-state index contributed by atoms with van der Waals surface area (Å²) in [5.74, 6) is 0. The molecule has 0 radical (unpaired) electrons. The first-order chi connectivity index (χ1) is 10.8. The van der Waals surface area contributed by atoms with Gasteiger partial charge in [-0.3, -0.25) is 4.40 Å². The average Bonchev–Trinajstić information content (AvgIpc) is 2.89. The number of benzene rings is 1. The molecule has 7 heteroatoms. The van der Waals surface area contributed by atoms with Crippen molar-refractivity contribution >= 4 is 29.4 Å². The number of anilines is 2. The Bertz CT molecular complexity index is 872. The minimum Gasteiger partial charge on any atom is -0.382 e. The van der Waals surface area contributed by atoms with Crippen molar-refractivity contribution in [2.75, 3.05) is 29.9 Å². The van der Waals surface area contributed by atoms with Crippen LogP contribution in [0.3, 0.4) is 0 Å². The lowest BCUT2D eigenvalue weighted by Crippen LogP contribution is -2.37. The van der Waals surface area contributed by atoms with Crippen LogP contribution >= 0.6 is 12.4 Å². The van der Waals surface area contributed by atoms with Crippen LogP contribution in [0.5, 0.6) is 0 Å². The molecule has 0 saturated carbocycles. The summed E-state index contributed by atoms with van der Waals surface area (Å²) in [7, 11) is 0. The summed E-state index contributed by atoms with van der Waals surface area (Å²) >= 11 is 0. The molecule has 23 heavy (non-hydrogen) atoms. The molecule has 0 spiro atoms. The molecule has 0 saturated heterocycles. The molecule has 1 aliphatic rings. The Hall–Kier alpha value is -2.47. The molecule has 0 fully saturated rings. The fourth-order valence-corrected chi connectivity index (χ4v) is 2.91. The molecule has 0 aliphatic carbocycles. The molecule has 0 atom stereocenters. The highest BCUT2D eigenvalue weighted by molar-refractivity contribution is 5.85. The number of halogens is 1. The highest BCUT2D eigenvalue weighted by Gasteiger charge is 2.16. The minimum atomic E-state index is -0.0842. The van der Waals surface area contributed by atoms with Crippen LogP contribution in [-0.4, -0.2) is 33.8 Å². The van der Waals surface area contributed by atoms with Gasteiger partial charge in [0.25, 0.3) is 0 Å². The van der Waals surface area contributed by atoms with Crippen molar-refractivity contribution < 1.29 is 0 Å². The van der Waals surface area contributed by atoms with E-state index in [0.29, 0.717) is 12.2 Å². The third-order valence-corrected chi connectivity index (χ3v) is 4.01. The number of rotatable bonds is 3. The third kappa shape index (κ3) is 2.77. The van der Waals surface area contributed by atoms with Crippen molar-refractivity contribution in [2.45, 2.75) is 6.54 Å². The summed E-state index contributed by atoms with van der Waals surface area (Å²) in [5.41, 5.74) is 2.94. The van der Waals surface area contributed by atoms with Gasteiger partial charge in [-0.15, -0.1) is 17.5 Å². The first kappa shape index (κ1) is 15.4. The van der Waals surface area contributed by atoms with Gasteiger partial charge in [-0.05, 0) is 24.3 Å². The van der Waals surface area contributed by atoms with Gasteiger partial charge in [0.2, 0.25) is 0 Å². The number of hydrogen-bond acceptors (Lipinski definition) is 4. The first-order valence-corrected chi connectivity index (χ1v) is 7.45. The van der Waals surface area contributed by atoms with E-state index < -0.39 is 0 Å². The summed E-state index contributed by atoms with van der Waals surface area (Å²) in [5, 5.41) is 7.77. The van der Waals surface area contributed by atoms with Gasteiger partial charge in [-0.25, -0.2) is 9.48 Å². The average molecular weight is 332 g/mol.